The molecule has 0 bridgehead atoms. The molecule has 1 aromatic rings. The predicted molar refractivity (Wildman–Crippen MR) is 79.0 cm³/mol. The van der Waals surface area contributed by atoms with E-state index in [4.69, 9.17) is 5.11 Å². The molecule has 1 saturated heterocycles. The number of carboxylic acid groups (broad SMARTS) is 1. The largest absolute Gasteiger partial charge is 0.484 e. The number of carbonyl (C=O) groups excluding carboxylic acids is 1. The van der Waals surface area contributed by atoms with Gasteiger partial charge in [0.2, 0.25) is 5.91 Å². The Hall–Kier alpha value is -2.46. The Bertz CT molecular complexity index is 718. The third kappa shape index (κ3) is 4.83. The molecule has 0 spiro atoms. The number of hydrogen-bond acceptors (Lipinski definition) is 3. The molecule has 0 aliphatic carbocycles. The normalized spacial score (nSPS) is 20.6. The monoisotopic (exact) mass is 399 g/mol. The molecule has 150 valence electrons. The molecule has 1 aromatic carbocycles. The molecule has 1 aliphatic rings. The zero-order valence-electron chi connectivity index (χ0n) is 13.7. The Morgan fingerprint density at radius 3 is 2.37 bits per heavy atom. The van der Waals surface area contributed by atoms with Gasteiger partial charge >= 0.3 is 18.3 Å². The molecule has 1 aliphatic heterocycles. The molecule has 0 aromatic heterocycles. The second kappa shape index (κ2) is 7.28. The number of ether oxygens (including phenoxy) is 1. The first kappa shape index (κ1) is 20.8. The number of carboxylic acids is 1. The van der Waals surface area contributed by atoms with Crippen LogP contribution in [0.4, 0.5) is 26.3 Å². The van der Waals surface area contributed by atoms with Crippen molar-refractivity contribution in [2.75, 3.05) is 19.7 Å². The van der Waals surface area contributed by atoms with Crippen molar-refractivity contribution in [2.45, 2.75) is 25.2 Å². The van der Waals surface area contributed by atoms with Crippen LogP contribution in [0.2, 0.25) is 0 Å². The van der Waals surface area contributed by atoms with Gasteiger partial charge in [-0.25, -0.2) is 0 Å². The van der Waals surface area contributed by atoms with Crippen LogP contribution in [0.5, 0.6) is 5.75 Å². The van der Waals surface area contributed by atoms with Crippen LogP contribution in [0.1, 0.15) is 12.0 Å². The van der Waals surface area contributed by atoms with Gasteiger partial charge in [0, 0.05) is 13.1 Å². The number of alkyl halides is 6. The number of likely N-dealkylation sites (tertiary alicyclic amines) is 1. The lowest BCUT2D eigenvalue weighted by Crippen LogP contribution is -2.47. The molecule has 2 rings (SSSR count). The van der Waals surface area contributed by atoms with E-state index >= 15 is 0 Å². The van der Waals surface area contributed by atoms with Gasteiger partial charge in [-0.2, -0.15) is 26.3 Å². The molecule has 1 atom stereocenters. The summed E-state index contributed by atoms with van der Waals surface area (Å²) in [5.74, 6) is -2.95. The van der Waals surface area contributed by atoms with Crippen molar-refractivity contribution in [1.82, 2.24) is 4.90 Å². The SMILES string of the molecule is O=C(Cc1cccc(OCC(F)(F)F)c1)N1CCC(C(=O)O)(C(F)(F)F)C1. The van der Waals surface area contributed by atoms with Crippen molar-refractivity contribution >= 4 is 11.9 Å². The summed E-state index contributed by atoms with van der Waals surface area (Å²) in [6.45, 7) is -2.91. The van der Waals surface area contributed by atoms with Crippen LogP contribution in [0.25, 0.3) is 0 Å². The highest BCUT2D eigenvalue weighted by molar-refractivity contribution is 5.82. The molecular weight excluding hydrogens is 384 g/mol. The van der Waals surface area contributed by atoms with Gasteiger partial charge in [-0.05, 0) is 24.1 Å². The Morgan fingerprint density at radius 2 is 1.85 bits per heavy atom. The molecule has 0 radical (unpaired) electrons. The first-order chi connectivity index (χ1) is 12.3. The van der Waals surface area contributed by atoms with Crippen molar-refractivity contribution in [3.63, 3.8) is 0 Å². The quantitative estimate of drug-likeness (QED) is 0.773. The van der Waals surface area contributed by atoms with E-state index in [1.165, 1.54) is 24.3 Å². The fourth-order valence-corrected chi connectivity index (χ4v) is 2.75. The van der Waals surface area contributed by atoms with Crippen molar-refractivity contribution in [3.05, 3.63) is 29.8 Å². The average Bonchev–Trinajstić information content (AvgIpc) is 2.99. The van der Waals surface area contributed by atoms with Crippen molar-refractivity contribution in [1.29, 1.82) is 0 Å². The van der Waals surface area contributed by atoms with Crippen LogP contribution in [0.3, 0.4) is 0 Å². The maximum atomic E-state index is 13.1. The lowest BCUT2D eigenvalue weighted by molar-refractivity contribution is -0.227. The second-order valence-corrected chi connectivity index (χ2v) is 6.18. The van der Waals surface area contributed by atoms with E-state index in [9.17, 15) is 35.9 Å². The third-order valence-electron chi connectivity index (χ3n) is 4.23. The standard InChI is InChI=1S/C16H15F6NO4/c17-15(18,19)9-27-11-3-1-2-10(6-11)7-12(24)23-5-4-14(8-23,13(25)26)16(20,21)22/h1-3,6H,4-5,7-9H2,(H,25,26). The van der Waals surface area contributed by atoms with Gasteiger partial charge in [-0.3, -0.25) is 9.59 Å². The third-order valence-corrected chi connectivity index (χ3v) is 4.23. The van der Waals surface area contributed by atoms with Crippen LogP contribution < -0.4 is 4.74 Å². The fraction of sp³-hybridized carbons (Fsp3) is 0.500. The van der Waals surface area contributed by atoms with Gasteiger partial charge in [0.25, 0.3) is 0 Å². The molecule has 1 heterocycles. The number of rotatable bonds is 5. The molecule has 11 heteroatoms. The van der Waals surface area contributed by atoms with Crippen LogP contribution in [-0.2, 0) is 16.0 Å². The molecule has 0 saturated carbocycles. The summed E-state index contributed by atoms with van der Waals surface area (Å²) in [5, 5.41) is 8.98. The van der Waals surface area contributed by atoms with Crippen LogP contribution in [0.15, 0.2) is 24.3 Å². The summed E-state index contributed by atoms with van der Waals surface area (Å²) in [5.41, 5.74) is -2.78. The summed E-state index contributed by atoms with van der Waals surface area (Å²) in [7, 11) is 0. The summed E-state index contributed by atoms with van der Waals surface area (Å²) in [6.07, 6.45) is -10.7. The Balaban J connectivity index is 2.05. The molecule has 5 nitrogen and oxygen atoms in total. The predicted octanol–water partition coefficient (Wildman–Crippen LogP) is 3.04. The van der Waals surface area contributed by atoms with E-state index in [1.54, 1.807) is 0 Å². The first-order valence-corrected chi connectivity index (χ1v) is 7.70. The van der Waals surface area contributed by atoms with E-state index in [2.05, 4.69) is 4.74 Å². The van der Waals surface area contributed by atoms with Crippen LogP contribution in [0, 0.1) is 5.41 Å². The zero-order chi connectivity index (χ0) is 20.5. The fourth-order valence-electron chi connectivity index (χ4n) is 2.75. The van der Waals surface area contributed by atoms with Gasteiger partial charge in [0.1, 0.15) is 5.75 Å². The van der Waals surface area contributed by atoms with Crippen molar-refractivity contribution in [3.8, 4) is 5.75 Å². The van der Waals surface area contributed by atoms with Crippen LogP contribution >= 0.6 is 0 Å². The maximum absolute atomic E-state index is 13.1. The molecule has 27 heavy (non-hydrogen) atoms. The topological polar surface area (TPSA) is 66.8 Å². The van der Waals surface area contributed by atoms with Gasteiger partial charge in [0.15, 0.2) is 12.0 Å². The number of benzene rings is 1. The summed E-state index contributed by atoms with van der Waals surface area (Å²) >= 11 is 0. The first-order valence-electron chi connectivity index (χ1n) is 7.70. The minimum absolute atomic E-state index is 0.144. The van der Waals surface area contributed by atoms with E-state index in [0.717, 1.165) is 4.90 Å². The number of carbonyl (C=O) groups is 2. The summed E-state index contributed by atoms with van der Waals surface area (Å²) in [6, 6.07) is 5.17. The Kier molecular flexibility index (Phi) is 5.62. The van der Waals surface area contributed by atoms with Gasteiger partial charge in [0.05, 0.1) is 6.42 Å². The second-order valence-electron chi connectivity index (χ2n) is 6.18. The minimum atomic E-state index is -5.01. The number of aliphatic carboxylic acids is 1. The molecule has 1 amide bonds. The smallest absolute Gasteiger partial charge is 0.422 e. The zero-order valence-corrected chi connectivity index (χ0v) is 13.7. The number of halogens is 6. The molecule has 1 unspecified atom stereocenters. The highest BCUT2D eigenvalue weighted by Gasteiger charge is 2.64. The number of amides is 1. The summed E-state index contributed by atoms with van der Waals surface area (Å²) < 4.78 is 80.5. The van der Waals surface area contributed by atoms with Gasteiger partial charge in [-0.1, -0.05) is 12.1 Å². The number of nitrogens with zero attached hydrogens (tertiary/aromatic N) is 1. The highest BCUT2D eigenvalue weighted by Crippen LogP contribution is 2.45. The molecule has 1 N–H and O–H groups in total. The number of hydrogen-bond donors (Lipinski definition) is 1. The van der Waals surface area contributed by atoms with Crippen LogP contribution in [-0.4, -0.2) is 53.9 Å². The van der Waals surface area contributed by atoms with E-state index in [-0.39, 0.29) is 17.9 Å². The molecule has 1 fully saturated rings. The Labute approximate surface area is 149 Å². The minimum Gasteiger partial charge on any atom is -0.484 e. The Morgan fingerprint density at radius 1 is 1.19 bits per heavy atom. The van der Waals surface area contributed by atoms with Crippen molar-refractivity contribution in [2.24, 2.45) is 5.41 Å². The van der Waals surface area contributed by atoms with Crippen molar-refractivity contribution < 1.29 is 45.8 Å². The lowest BCUT2D eigenvalue weighted by Gasteiger charge is -2.27. The summed E-state index contributed by atoms with van der Waals surface area (Å²) in [4.78, 5) is 24.1. The van der Waals surface area contributed by atoms with E-state index in [0.29, 0.717) is 0 Å². The van der Waals surface area contributed by atoms with Gasteiger partial charge in [-0.15, -0.1) is 0 Å². The maximum Gasteiger partial charge on any atom is 0.422 e. The van der Waals surface area contributed by atoms with E-state index in [1.807, 2.05) is 0 Å². The van der Waals surface area contributed by atoms with Gasteiger partial charge < -0.3 is 14.7 Å². The lowest BCUT2D eigenvalue weighted by atomic mass is 9.86. The van der Waals surface area contributed by atoms with E-state index < -0.39 is 55.6 Å². The average molecular weight is 399 g/mol. The molecular formula is C16H15F6NO4. The highest BCUT2D eigenvalue weighted by atomic mass is 19.4.